The second kappa shape index (κ2) is 6.57. The Morgan fingerprint density at radius 1 is 1.27 bits per heavy atom. The van der Waals surface area contributed by atoms with Crippen molar-refractivity contribution in [3.63, 3.8) is 0 Å². The first-order chi connectivity index (χ1) is 10.6. The molecule has 1 heterocycles. The molecule has 1 spiro atoms. The maximum Gasteiger partial charge on any atom is 0.125 e. The molecule has 1 aliphatic heterocycles. The molecule has 0 saturated heterocycles. The average molecular weight is 305 g/mol. The van der Waals surface area contributed by atoms with E-state index < -0.39 is 0 Å². The van der Waals surface area contributed by atoms with Crippen LogP contribution in [0.4, 0.5) is 4.39 Å². The highest BCUT2D eigenvalue weighted by Crippen LogP contribution is 2.46. The van der Waals surface area contributed by atoms with Crippen LogP contribution >= 0.6 is 0 Å². The van der Waals surface area contributed by atoms with Gasteiger partial charge in [0.2, 0.25) is 0 Å². The molecule has 0 aromatic heterocycles. The Kier molecular flexibility index (Phi) is 4.72. The van der Waals surface area contributed by atoms with Crippen LogP contribution in [0.5, 0.6) is 5.75 Å². The molecule has 1 fully saturated rings. The van der Waals surface area contributed by atoms with Crippen molar-refractivity contribution < 1.29 is 9.13 Å². The van der Waals surface area contributed by atoms with Crippen LogP contribution < -0.4 is 10.1 Å². The Morgan fingerprint density at radius 3 is 2.77 bits per heavy atom. The lowest BCUT2D eigenvalue weighted by Gasteiger charge is -2.45. The highest BCUT2D eigenvalue weighted by molar-refractivity contribution is 5.39. The molecule has 1 aromatic rings. The van der Waals surface area contributed by atoms with Gasteiger partial charge in [-0.25, -0.2) is 4.39 Å². The molecule has 3 rings (SSSR count). The number of hydrogen-bond donors (Lipinski definition) is 1. The molecule has 122 valence electrons. The fourth-order valence-corrected chi connectivity index (χ4v) is 3.87. The molecule has 1 atom stereocenters. The first kappa shape index (κ1) is 15.8. The van der Waals surface area contributed by atoms with E-state index in [0.717, 1.165) is 43.5 Å². The summed E-state index contributed by atoms with van der Waals surface area (Å²) >= 11 is 0. The Hall–Kier alpha value is -1.09. The molecule has 1 N–H and O–H groups in total. The number of ether oxygens (including phenoxy) is 1. The minimum atomic E-state index is -0.169. The summed E-state index contributed by atoms with van der Waals surface area (Å²) in [5.74, 6) is 1.40. The van der Waals surface area contributed by atoms with Crippen LogP contribution in [-0.2, 0) is 0 Å². The monoisotopic (exact) mass is 305 g/mol. The summed E-state index contributed by atoms with van der Waals surface area (Å²) in [4.78, 5) is 0. The minimum Gasteiger partial charge on any atom is -0.487 e. The summed E-state index contributed by atoms with van der Waals surface area (Å²) < 4.78 is 20.0. The largest absolute Gasteiger partial charge is 0.487 e. The number of rotatable bonds is 4. The standard InChI is InChI=1S/C19H28FNO/c1-14(2)8-11-21-17-13-19(9-4-3-5-10-19)22-18-7-6-15(20)12-16(17)18/h6-7,12,14,17,21H,3-5,8-11,13H2,1-2H3. The Balaban J connectivity index is 1.81. The topological polar surface area (TPSA) is 21.3 Å². The Labute approximate surface area is 133 Å². The van der Waals surface area contributed by atoms with E-state index in [0.29, 0.717) is 5.92 Å². The van der Waals surface area contributed by atoms with Crippen molar-refractivity contribution in [1.82, 2.24) is 5.32 Å². The predicted octanol–water partition coefficient (Wildman–Crippen LogP) is 4.99. The summed E-state index contributed by atoms with van der Waals surface area (Å²) in [6.07, 6.45) is 8.19. The third-order valence-corrected chi connectivity index (χ3v) is 5.13. The first-order valence-corrected chi connectivity index (χ1v) is 8.80. The molecule has 0 amide bonds. The maximum atomic E-state index is 13.7. The highest BCUT2D eigenvalue weighted by Gasteiger charge is 2.41. The van der Waals surface area contributed by atoms with E-state index in [2.05, 4.69) is 19.2 Å². The molecule has 1 aromatic carbocycles. The van der Waals surface area contributed by atoms with E-state index in [-0.39, 0.29) is 17.5 Å². The second-order valence-corrected chi connectivity index (χ2v) is 7.42. The molecule has 2 nitrogen and oxygen atoms in total. The lowest BCUT2D eigenvalue weighted by Crippen LogP contribution is -2.45. The lowest BCUT2D eigenvalue weighted by molar-refractivity contribution is -0.00289. The zero-order chi connectivity index (χ0) is 15.6. The first-order valence-electron chi connectivity index (χ1n) is 8.80. The highest BCUT2D eigenvalue weighted by atomic mass is 19.1. The summed E-state index contributed by atoms with van der Waals surface area (Å²) in [6.45, 7) is 5.46. The van der Waals surface area contributed by atoms with Gasteiger partial charge in [-0.2, -0.15) is 0 Å². The number of fused-ring (bicyclic) bond motifs is 1. The predicted molar refractivity (Wildman–Crippen MR) is 87.7 cm³/mol. The van der Waals surface area contributed by atoms with Crippen LogP contribution in [0.3, 0.4) is 0 Å². The van der Waals surface area contributed by atoms with Gasteiger partial charge in [-0.1, -0.05) is 20.3 Å². The van der Waals surface area contributed by atoms with E-state index in [1.54, 1.807) is 6.07 Å². The van der Waals surface area contributed by atoms with Gasteiger partial charge in [-0.15, -0.1) is 0 Å². The number of benzene rings is 1. The lowest BCUT2D eigenvalue weighted by atomic mass is 9.77. The van der Waals surface area contributed by atoms with Crippen LogP contribution in [-0.4, -0.2) is 12.1 Å². The third-order valence-electron chi connectivity index (χ3n) is 5.13. The molecule has 0 radical (unpaired) electrons. The van der Waals surface area contributed by atoms with Crippen LogP contribution in [0.25, 0.3) is 0 Å². The second-order valence-electron chi connectivity index (χ2n) is 7.42. The van der Waals surface area contributed by atoms with Gasteiger partial charge < -0.3 is 10.1 Å². The molecule has 1 unspecified atom stereocenters. The zero-order valence-corrected chi connectivity index (χ0v) is 13.8. The average Bonchev–Trinajstić information content (AvgIpc) is 2.48. The van der Waals surface area contributed by atoms with Gasteiger partial charge in [-0.05, 0) is 62.8 Å². The van der Waals surface area contributed by atoms with Crippen molar-refractivity contribution in [2.24, 2.45) is 5.92 Å². The van der Waals surface area contributed by atoms with E-state index in [1.807, 2.05) is 6.07 Å². The quantitative estimate of drug-likeness (QED) is 0.846. The minimum absolute atomic E-state index is 0.0292. The van der Waals surface area contributed by atoms with Gasteiger partial charge in [0.25, 0.3) is 0 Å². The van der Waals surface area contributed by atoms with Gasteiger partial charge in [-0.3, -0.25) is 0 Å². The fourth-order valence-electron chi connectivity index (χ4n) is 3.87. The van der Waals surface area contributed by atoms with E-state index in [9.17, 15) is 4.39 Å². The summed E-state index contributed by atoms with van der Waals surface area (Å²) in [6, 6.07) is 5.21. The van der Waals surface area contributed by atoms with Crippen LogP contribution in [0.1, 0.15) is 70.4 Å². The van der Waals surface area contributed by atoms with Gasteiger partial charge in [0, 0.05) is 18.0 Å². The Morgan fingerprint density at radius 2 is 2.05 bits per heavy atom. The van der Waals surface area contributed by atoms with Gasteiger partial charge in [0.1, 0.15) is 17.2 Å². The van der Waals surface area contributed by atoms with Crippen LogP contribution in [0.2, 0.25) is 0 Å². The summed E-state index contributed by atoms with van der Waals surface area (Å²) in [7, 11) is 0. The van der Waals surface area contributed by atoms with Crippen molar-refractivity contribution in [3.8, 4) is 5.75 Å². The molecule has 22 heavy (non-hydrogen) atoms. The van der Waals surface area contributed by atoms with E-state index in [4.69, 9.17) is 4.74 Å². The third kappa shape index (κ3) is 3.45. The van der Waals surface area contributed by atoms with Crippen molar-refractivity contribution in [1.29, 1.82) is 0 Å². The fraction of sp³-hybridized carbons (Fsp3) is 0.684. The van der Waals surface area contributed by atoms with Gasteiger partial charge >= 0.3 is 0 Å². The summed E-state index contributed by atoms with van der Waals surface area (Å²) in [5.41, 5.74) is 0.971. The molecule has 1 saturated carbocycles. The molecule has 0 bridgehead atoms. The number of nitrogens with one attached hydrogen (secondary N) is 1. The van der Waals surface area contributed by atoms with E-state index in [1.165, 1.54) is 25.3 Å². The van der Waals surface area contributed by atoms with Gasteiger partial charge in [0.05, 0.1) is 0 Å². The number of halogens is 1. The molecular formula is C19H28FNO. The van der Waals surface area contributed by atoms with Crippen molar-refractivity contribution in [3.05, 3.63) is 29.6 Å². The zero-order valence-electron chi connectivity index (χ0n) is 13.8. The van der Waals surface area contributed by atoms with Crippen molar-refractivity contribution in [2.75, 3.05) is 6.54 Å². The number of hydrogen-bond acceptors (Lipinski definition) is 2. The smallest absolute Gasteiger partial charge is 0.125 e. The van der Waals surface area contributed by atoms with Crippen LogP contribution in [0, 0.1) is 11.7 Å². The normalized spacial score (nSPS) is 23.4. The van der Waals surface area contributed by atoms with E-state index >= 15 is 0 Å². The van der Waals surface area contributed by atoms with Crippen molar-refractivity contribution in [2.45, 2.75) is 70.4 Å². The molecular weight excluding hydrogens is 277 g/mol. The van der Waals surface area contributed by atoms with Crippen LogP contribution in [0.15, 0.2) is 18.2 Å². The van der Waals surface area contributed by atoms with Gasteiger partial charge in [0.15, 0.2) is 0 Å². The molecule has 3 heteroatoms. The summed E-state index contributed by atoms with van der Waals surface area (Å²) in [5, 5.41) is 3.66. The SMILES string of the molecule is CC(C)CCNC1CC2(CCCCC2)Oc2ccc(F)cc21. The maximum absolute atomic E-state index is 13.7. The Bertz CT molecular complexity index is 508. The van der Waals surface area contributed by atoms with Crippen molar-refractivity contribution >= 4 is 0 Å². The molecule has 2 aliphatic rings. The molecule has 1 aliphatic carbocycles.